The molecule has 0 amide bonds. The molecule has 0 aliphatic rings. The summed E-state index contributed by atoms with van der Waals surface area (Å²) in [4.78, 5) is 0. The van der Waals surface area contributed by atoms with Crippen molar-refractivity contribution in [2.75, 3.05) is 0 Å². The van der Waals surface area contributed by atoms with Crippen molar-refractivity contribution >= 4 is 0 Å². The maximum atomic E-state index is 10.1. The molecule has 2 nitrogen and oxygen atoms in total. The lowest BCUT2D eigenvalue weighted by molar-refractivity contribution is 0.132. The molecule has 0 saturated carbocycles. The van der Waals surface area contributed by atoms with Crippen molar-refractivity contribution in [3.63, 3.8) is 0 Å². The molecule has 0 radical (unpaired) electrons. The Hall–Kier alpha value is -0.0800. The van der Waals surface area contributed by atoms with Crippen molar-refractivity contribution in [1.82, 2.24) is 0 Å². The molecule has 0 rings (SSSR count). The van der Waals surface area contributed by atoms with Crippen LogP contribution in [0.3, 0.4) is 0 Å². The van der Waals surface area contributed by atoms with Crippen LogP contribution in [0.15, 0.2) is 0 Å². The summed E-state index contributed by atoms with van der Waals surface area (Å²) in [6.45, 7) is 4.46. The standard InChI is InChI=1S/C29H60O2/c1-3-5-7-8-9-10-11-12-13-14-15-16-17-18-19-20-21-25-29(31)27-23-22-26-28(30)24-6-4-2/h28-31H,3-27H2,1-2H3/t28-,29+/m1/s1. The molecule has 2 heteroatoms. The van der Waals surface area contributed by atoms with Gasteiger partial charge in [-0.25, -0.2) is 0 Å². The third-order valence-corrected chi connectivity index (χ3v) is 6.86. The molecule has 0 unspecified atom stereocenters. The summed E-state index contributed by atoms with van der Waals surface area (Å²) in [5.41, 5.74) is 0. The molecule has 2 atom stereocenters. The smallest absolute Gasteiger partial charge is 0.0540 e. The second-order valence-corrected chi connectivity index (χ2v) is 10.2. The maximum absolute atomic E-state index is 10.1. The quantitative estimate of drug-likeness (QED) is 0.131. The zero-order valence-corrected chi connectivity index (χ0v) is 21.7. The number of hydrogen-bond acceptors (Lipinski definition) is 2. The lowest BCUT2D eigenvalue weighted by atomic mass is 10.0. The van der Waals surface area contributed by atoms with Gasteiger partial charge in [-0.15, -0.1) is 0 Å². The predicted molar refractivity (Wildman–Crippen MR) is 139 cm³/mol. The molecule has 0 fully saturated rings. The Labute approximate surface area is 197 Å². The number of rotatable bonds is 26. The fraction of sp³-hybridized carbons (Fsp3) is 1.00. The molecule has 0 aromatic rings. The molecule has 0 heterocycles. The van der Waals surface area contributed by atoms with Gasteiger partial charge >= 0.3 is 0 Å². The summed E-state index contributed by atoms with van der Waals surface area (Å²) >= 11 is 0. The van der Waals surface area contributed by atoms with E-state index >= 15 is 0 Å². The molecule has 31 heavy (non-hydrogen) atoms. The third kappa shape index (κ3) is 26.1. The van der Waals surface area contributed by atoms with Crippen LogP contribution >= 0.6 is 0 Å². The van der Waals surface area contributed by atoms with Gasteiger partial charge < -0.3 is 10.2 Å². The van der Waals surface area contributed by atoms with Gasteiger partial charge in [0.05, 0.1) is 12.2 Å². The van der Waals surface area contributed by atoms with Crippen LogP contribution in [-0.2, 0) is 0 Å². The van der Waals surface area contributed by atoms with Gasteiger partial charge in [0.2, 0.25) is 0 Å². The van der Waals surface area contributed by atoms with E-state index in [9.17, 15) is 10.2 Å². The van der Waals surface area contributed by atoms with Gasteiger partial charge in [-0.05, 0) is 25.7 Å². The van der Waals surface area contributed by atoms with Crippen LogP contribution < -0.4 is 0 Å². The van der Waals surface area contributed by atoms with E-state index in [1.807, 2.05) is 0 Å². The van der Waals surface area contributed by atoms with Crippen molar-refractivity contribution < 1.29 is 10.2 Å². The molecule has 2 N–H and O–H groups in total. The fourth-order valence-corrected chi connectivity index (χ4v) is 4.59. The predicted octanol–water partition coefficient (Wildman–Crippen LogP) is 9.50. The second kappa shape index (κ2) is 26.2. The zero-order chi connectivity index (χ0) is 22.8. The van der Waals surface area contributed by atoms with Gasteiger partial charge in [-0.3, -0.25) is 0 Å². The number of aliphatic hydroxyl groups excluding tert-OH is 2. The highest BCUT2D eigenvalue weighted by molar-refractivity contribution is 4.60. The molecule has 0 saturated heterocycles. The van der Waals surface area contributed by atoms with Crippen LogP contribution in [0.25, 0.3) is 0 Å². The molecule has 0 aliphatic carbocycles. The molecule has 0 aromatic carbocycles. The lowest BCUT2D eigenvalue weighted by Gasteiger charge is -2.12. The highest BCUT2D eigenvalue weighted by atomic mass is 16.3. The number of hydrogen-bond donors (Lipinski definition) is 2. The number of unbranched alkanes of at least 4 members (excludes halogenated alkanes) is 18. The minimum Gasteiger partial charge on any atom is -0.393 e. The summed E-state index contributed by atoms with van der Waals surface area (Å²) in [6.07, 6.45) is 31.7. The van der Waals surface area contributed by atoms with Crippen LogP contribution in [0.1, 0.15) is 174 Å². The monoisotopic (exact) mass is 440 g/mol. The van der Waals surface area contributed by atoms with Crippen LogP contribution in [0, 0.1) is 0 Å². The summed E-state index contributed by atoms with van der Waals surface area (Å²) in [6, 6.07) is 0. The average molecular weight is 441 g/mol. The summed E-state index contributed by atoms with van der Waals surface area (Å²) < 4.78 is 0. The molecule has 0 aliphatic heterocycles. The molecule has 0 bridgehead atoms. The highest BCUT2D eigenvalue weighted by Gasteiger charge is 2.06. The first-order valence-electron chi connectivity index (χ1n) is 14.6. The minimum atomic E-state index is -0.123. The largest absolute Gasteiger partial charge is 0.393 e. The average Bonchev–Trinajstić information content (AvgIpc) is 2.77. The lowest BCUT2D eigenvalue weighted by Crippen LogP contribution is -2.08. The van der Waals surface area contributed by atoms with Gasteiger partial charge in [0, 0.05) is 0 Å². The van der Waals surface area contributed by atoms with Crippen molar-refractivity contribution in [3.8, 4) is 0 Å². The first-order valence-corrected chi connectivity index (χ1v) is 14.6. The van der Waals surface area contributed by atoms with E-state index in [0.29, 0.717) is 0 Å². The Bertz CT molecular complexity index is 318. The van der Waals surface area contributed by atoms with Gasteiger partial charge in [-0.2, -0.15) is 0 Å². The summed E-state index contributed by atoms with van der Waals surface area (Å²) in [5, 5.41) is 20.0. The fourth-order valence-electron chi connectivity index (χ4n) is 4.59. The Morgan fingerprint density at radius 2 is 0.548 bits per heavy atom. The van der Waals surface area contributed by atoms with E-state index in [0.717, 1.165) is 51.4 Å². The van der Waals surface area contributed by atoms with Gasteiger partial charge in [0.25, 0.3) is 0 Å². The Balaban J connectivity index is 3.17. The van der Waals surface area contributed by atoms with E-state index in [1.165, 1.54) is 109 Å². The van der Waals surface area contributed by atoms with E-state index < -0.39 is 0 Å². The highest BCUT2D eigenvalue weighted by Crippen LogP contribution is 2.16. The number of aliphatic hydroxyl groups is 2. The van der Waals surface area contributed by atoms with Gasteiger partial charge in [0.1, 0.15) is 0 Å². The van der Waals surface area contributed by atoms with Crippen LogP contribution in [0.5, 0.6) is 0 Å². The third-order valence-electron chi connectivity index (χ3n) is 6.86. The van der Waals surface area contributed by atoms with Crippen LogP contribution in [0.2, 0.25) is 0 Å². The summed E-state index contributed by atoms with van der Waals surface area (Å²) in [7, 11) is 0. The Kier molecular flexibility index (Phi) is 26.1. The SMILES string of the molecule is CCCCCCCCCCCCCCCCCCC[C@H](O)CCCC[C@H](O)CCCC. The topological polar surface area (TPSA) is 40.5 Å². The normalized spacial score (nSPS) is 13.5. The second-order valence-electron chi connectivity index (χ2n) is 10.2. The van der Waals surface area contributed by atoms with E-state index in [1.54, 1.807) is 0 Å². The van der Waals surface area contributed by atoms with Crippen LogP contribution in [0.4, 0.5) is 0 Å². The van der Waals surface area contributed by atoms with E-state index in [2.05, 4.69) is 13.8 Å². The Morgan fingerprint density at radius 1 is 0.323 bits per heavy atom. The summed E-state index contributed by atoms with van der Waals surface area (Å²) in [5.74, 6) is 0. The first kappa shape index (κ1) is 30.9. The molecular weight excluding hydrogens is 380 g/mol. The minimum absolute atomic E-state index is 0.121. The zero-order valence-electron chi connectivity index (χ0n) is 21.7. The molecule has 0 spiro atoms. The van der Waals surface area contributed by atoms with Crippen LogP contribution in [-0.4, -0.2) is 22.4 Å². The van der Waals surface area contributed by atoms with E-state index in [-0.39, 0.29) is 12.2 Å². The Morgan fingerprint density at radius 3 is 0.871 bits per heavy atom. The van der Waals surface area contributed by atoms with Gasteiger partial charge in [-0.1, -0.05) is 149 Å². The van der Waals surface area contributed by atoms with Crippen molar-refractivity contribution in [1.29, 1.82) is 0 Å². The maximum Gasteiger partial charge on any atom is 0.0540 e. The first-order chi connectivity index (χ1) is 15.2. The van der Waals surface area contributed by atoms with Crippen molar-refractivity contribution in [2.24, 2.45) is 0 Å². The molecule has 188 valence electrons. The molecule has 0 aromatic heterocycles. The van der Waals surface area contributed by atoms with Crippen molar-refractivity contribution in [3.05, 3.63) is 0 Å². The molecular formula is C29H60O2. The van der Waals surface area contributed by atoms with E-state index in [4.69, 9.17) is 0 Å². The van der Waals surface area contributed by atoms with Crippen molar-refractivity contribution in [2.45, 2.75) is 187 Å². The van der Waals surface area contributed by atoms with Gasteiger partial charge in [0.15, 0.2) is 0 Å².